The highest BCUT2D eigenvalue weighted by atomic mass is 28.3. The van der Waals surface area contributed by atoms with Gasteiger partial charge in [-0.25, -0.2) is 0 Å². The number of carbonyl (C=O) groups is 4. The predicted octanol–water partition coefficient (Wildman–Crippen LogP) is 5.76. The van der Waals surface area contributed by atoms with E-state index >= 15 is 0 Å². The lowest BCUT2D eigenvalue weighted by Gasteiger charge is -2.48. The first-order chi connectivity index (χ1) is 23.8. The number of aliphatic hydroxyl groups is 1. The summed E-state index contributed by atoms with van der Waals surface area (Å²) in [7, 11) is -0.508. The van der Waals surface area contributed by atoms with E-state index in [-0.39, 0.29) is 11.3 Å². The number of benzene rings is 2. The van der Waals surface area contributed by atoms with Gasteiger partial charge in [-0.1, -0.05) is 65.7 Å². The lowest BCUT2D eigenvalue weighted by molar-refractivity contribution is -0.360. The summed E-state index contributed by atoms with van der Waals surface area (Å²) in [4.78, 5) is 48.7. The van der Waals surface area contributed by atoms with E-state index in [1.54, 1.807) is 12.1 Å². The lowest BCUT2D eigenvalue weighted by atomic mass is 9.86. The SMILES string of the molecule is COc1ccc(Cc2ccc(C#C[Si](C(C)C)(C(C)C)C(C)C)cc2)cc1[C@@]1(O)O[C@H](COC(C)=O)[C@@H](OC(C)=O)[C@H](OC(C)=O)[C@H]1OC(C)=O. The fraction of sp³-hybridized carbons (Fsp3) is 0.538. The van der Waals surface area contributed by atoms with Crippen molar-refractivity contribution in [3.05, 3.63) is 64.7 Å². The molecule has 278 valence electrons. The zero-order valence-corrected chi connectivity index (χ0v) is 32.5. The third-order valence-corrected chi connectivity index (χ3v) is 15.6. The molecule has 1 heterocycles. The predicted molar refractivity (Wildman–Crippen MR) is 192 cm³/mol. The van der Waals surface area contributed by atoms with Gasteiger partial charge >= 0.3 is 23.9 Å². The van der Waals surface area contributed by atoms with E-state index in [4.69, 9.17) is 28.4 Å². The third-order valence-electron chi connectivity index (χ3n) is 9.35. The number of hydrogen-bond donors (Lipinski definition) is 1. The minimum absolute atomic E-state index is 0.0415. The first-order valence-corrected chi connectivity index (χ1v) is 19.4. The van der Waals surface area contributed by atoms with Gasteiger partial charge in [0.05, 0.1) is 12.7 Å². The van der Waals surface area contributed by atoms with E-state index in [0.29, 0.717) is 23.0 Å². The Bertz CT molecular complexity index is 1600. The van der Waals surface area contributed by atoms with Gasteiger partial charge < -0.3 is 33.5 Å². The van der Waals surface area contributed by atoms with Crippen molar-refractivity contribution in [3.8, 4) is 17.2 Å². The molecule has 0 aromatic heterocycles. The molecule has 1 fully saturated rings. The van der Waals surface area contributed by atoms with Gasteiger partial charge in [-0.2, -0.15) is 0 Å². The van der Waals surface area contributed by atoms with Gasteiger partial charge in [-0.05, 0) is 58.4 Å². The van der Waals surface area contributed by atoms with Crippen molar-refractivity contribution in [1.29, 1.82) is 0 Å². The van der Waals surface area contributed by atoms with Crippen molar-refractivity contribution in [2.45, 2.75) is 122 Å². The van der Waals surface area contributed by atoms with Gasteiger partial charge in [0.1, 0.15) is 26.5 Å². The van der Waals surface area contributed by atoms with Gasteiger partial charge in [-0.15, -0.1) is 5.54 Å². The van der Waals surface area contributed by atoms with Crippen molar-refractivity contribution >= 4 is 32.0 Å². The van der Waals surface area contributed by atoms with Gasteiger partial charge in [0.25, 0.3) is 0 Å². The Morgan fingerprint density at radius 2 is 1.31 bits per heavy atom. The van der Waals surface area contributed by atoms with Gasteiger partial charge in [0.15, 0.2) is 12.2 Å². The Balaban J connectivity index is 2.09. The Morgan fingerprint density at radius 3 is 1.80 bits per heavy atom. The van der Waals surface area contributed by atoms with E-state index in [0.717, 1.165) is 37.5 Å². The summed E-state index contributed by atoms with van der Waals surface area (Å²) in [6.07, 6.45) is -5.66. The number of carbonyl (C=O) groups excluding carboxylic acids is 4. The van der Waals surface area contributed by atoms with E-state index < -0.39 is 68.8 Å². The molecule has 0 spiro atoms. The number of rotatable bonds is 12. The van der Waals surface area contributed by atoms with Gasteiger partial charge in [0.2, 0.25) is 11.9 Å². The summed E-state index contributed by atoms with van der Waals surface area (Å²) < 4.78 is 33.5. The molecular weight excluding hydrogens is 673 g/mol. The van der Waals surface area contributed by atoms with Crippen LogP contribution in [0.4, 0.5) is 0 Å². The molecule has 1 N–H and O–H groups in total. The molecule has 0 saturated carbocycles. The van der Waals surface area contributed by atoms with Crippen LogP contribution in [-0.4, -0.2) is 75.2 Å². The van der Waals surface area contributed by atoms with Gasteiger partial charge in [0, 0.05) is 33.3 Å². The van der Waals surface area contributed by atoms with Crippen LogP contribution in [0, 0.1) is 11.5 Å². The minimum atomic E-state index is -2.53. The van der Waals surface area contributed by atoms with Crippen molar-refractivity contribution < 1.29 is 52.7 Å². The molecule has 2 aromatic carbocycles. The van der Waals surface area contributed by atoms with Crippen molar-refractivity contribution in [3.63, 3.8) is 0 Å². The molecule has 1 aliphatic heterocycles. The molecule has 0 bridgehead atoms. The normalized spacial score (nSPS) is 21.8. The first kappa shape index (κ1) is 41.2. The van der Waals surface area contributed by atoms with E-state index in [1.807, 2.05) is 30.3 Å². The van der Waals surface area contributed by atoms with Crippen LogP contribution in [-0.2, 0) is 55.1 Å². The van der Waals surface area contributed by atoms with Crippen molar-refractivity contribution in [2.75, 3.05) is 13.7 Å². The highest BCUT2D eigenvalue weighted by Crippen LogP contribution is 2.45. The number of ether oxygens (including phenoxy) is 6. The molecular formula is C39H52O11Si. The molecule has 1 saturated heterocycles. The molecule has 3 rings (SSSR count). The average Bonchev–Trinajstić information content (AvgIpc) is 3.03. The maximum Gasteiger partial charge on any atom is 0.303 e. The highest BCUT2D eigenvalue weighted by Gasteiger charge is 2.61. The largest absolute Gasteiger partial charge is 0.496 e. The standard InChI is InChI=1S/C39H52O11Si/c1-23(2)51(24(3)4,25(5)6)19-18-30-12-14-31(15-13-30)20-32-16-17-34(45-11)33(21-32)39(44)38(49-29(10)43)37(48-28(9)42)36(47-27(8)41)35(50-39)22-46-26(7)40/h12-17,21,23-25,35-38,44H,20,22H2,1-11H3/t35-,36-,37+,38-,39-/m1/s1. The van der Waals surface area contributed by atoms with Crippen LogP contribution in [0.15, 0.2) is 42.5 Å². The molecule has 0 aliphatic carbocycles. The summed E-state index contributed by atoms with van der Waals surface area (Å²) >= 11 is 0. The topological polar surface area (TPSA) is 144 Å². The van der Waals surface area contributed by atoms with Crippen LogP contribution in [0.5, 0.6) is 5.75 Å². The zero-order chi connectivity index (χ0) is 38.3. The van der Waals surface area contributed by atoms with Crippen LogP contribution in [0.3, 0.4) is 0 Å². The van der Waals surface area contributed by atoms with Crippen LogP contribution in [0.2, 0.25) is 16.6 Å². The molecule has 0 amide bonds. The molecule has 11 nitrogen and oxygen atoms in total. The molecule has 0 unspecified atom stereocenters. The number of methoxy groups -OCH3 is 1. The second-order valence-corrected chi connectivity index (χ2v) is 19.5. The van der Waals surface area contributed by atoms with E-state index in [1.165, 1.54) is 14.0 Å². The number of esters is 4. The maximum absolute atomic E-state index is 12.4. The van der Waals surface area contributed by atoms with Gasteiger partial charge in [-0.3, -0.25) is 19.2 Å². The zero-order valence-electron chi connectivity index (χ0n) is 31.5. The van der Waals surface area contributed by atoms with E-state index in [9.17, 15) is 24.3 Å². The smallest absolute Gasteiger partial charge is 0.303 e. The fourth-order valence-electron chi connectivity index (χ4n) is 7.20. The lowest BCUT2D eigenvalue weighted by Crippen LogP contribution is -2.66. The Labute approximate surface area is 302 Å². The molecule has 0 radical (unpaired) electrons. The van der Waals surface area contributed by atoms with Crippen LogP contribution >= 0.6 is 0 Å². The monoisotopic (exact) mass is 724 g/mol. The second kappa shape index (κ2) is 17.4. The Kier molecular flexibility index (Phi) is 14.0. The molecule has 12 heteroatoms. The summed E-state index contributed by atoms with van der Waals surface area (Å²) in [5.41, 5.74) is 7.98. The fourth-order valence-corrected chi connectivity index (χ4v) is 12.4. The van der Waals surface area contributed by atoms with Crippen molar-refractivity contribution in [2.24, 2.45) is 0 Å². The van der Waals surface area contributed by atoms with Crippen LogP contribution < -0.4 is 4.74 Å². The van der Waals surface area contributed by atoms with Crippen molar-refractivity contribution in [1.82, 2.24) is 0 Å². The van der Waals surface area contributed by atoms with Crippen LogP contribution in [0.25, 0.3) is 0 Å². The summed E-state index contributed by atoms with van der Waals surface area (Å²) in [6.45, 7) is 17.7. The summed E-state index contributed by atoms with van der Waals surface area (Å²) in [5, 5.41) is 12.4. The average molecular weight is 725 g/mol. The maximum atomic E-state index is 12.4. The Morgan fingerprint density at radius 1 is 0.784 bits per heavy atom. The van der Waals surface area contributed by atoms with E-state index in [2.05, 4.69) is 53.0 Å². The number of hydrogen-bond acceptors (Lipinski definition) is 11. The summed E-state index contributed by atoms with van der Waals surface area (Å²) in [5.74, 6) is -2.01. The highest BCUT2D eigenvalue weighted by molar-refractivity contribution is 6.90. The second-order valence-electron chi connectivity index (χ2n) is 13.9. The minimum Gasteiger partial charge on any atom is -0.496 e. The van der Waals surface area contributed by atoms with Crippen LogP contribution in [0.1, 0.15) is 91.5 Å². The third kappa shape index (κ3) is 9.78. The molecule has 1 aliphatic rings. The molecule has 2 aromatic rings. The molecule has 5 atom stereocenters. The quantitative estimate of drug-likeness (QED) is 0.124. The summed E-state index contributed by atoms with van der Waals surface area (Å²) in [6, 6.07) is 13.1. The molecule has 51 heavy (non-hydrogen) atoms. The first-order valence-electron chi connectivity index (χ1n) is 17.2. The Hall–Kier alpha value is -4.18.